The Bertz CT molecular complexity index is 649. The predicted octanol–water partition coefficient (Wildman–Crippen LogP) is 2.99. The lowest BCUT2D eigenvalue weighted by molar-refractivity contribution is -0.116. The fraction of sp³-hybridized carbons (Fsp3) is 0.188. The van der Waals surface area contributed by atoms with Gasteiger partial charge in [-0.05, 0) is 48.0 Å². The molecule has 3 rings (SSSR count). The summed E-state index contributed by atoms with van der Waals surface area (Å²) in [4.78, 5) is 14.1. The SMILES string of the molecule is CNc1ccc(N2C(=O)Cc3cc(NC)ccc32)cc1. The van der Waals surface area contributed by atoms with Crippen LogP contribution < -0.4 is 15.5 Å². The summed E-state index contributed by atoms with van der Waals surface area (Å²) in [5.74, 6) is 0.116. The highest BCUT2D eigenvalue weighted by molar-refractivity contribution is 6.07. The minimum atomic E-state index is 0.116. The van der Waals surface area contributed by atoms with Gasteiger partial charge in [0.15, 0.2) is 0 Å². The van der Waals surface area contributed by atoms with E-state index in [0.717, 1.165) is 28.3 Å². The summed E-state index contributed by atoms with van der Waals surface area (Å²) < 4.78 is 0. The van der Waals surface area contributed by atoms with Gasteiger partial charge in [-0.15, -0.1) is 0 Å². The van der Waals surface area contributed by atoms with Crippen LogP contribution in [-0.2, 0) is 11.2 Å². The van der Waals surface area contributed by atoms with Gasteiger partial charge in [0.05, 0.1) is 12.1 Å². The molecule has 0 bridgehead atoms. The highest BCUT2D eigenvalue weighted by Gasteiger charge is 2.28. The molecular formula is C16H17N3O. The molecule has 0 aliphatic carbocycles. The maximum Gasteiger partial charge on any atom is 0.236 e. The van der Waals surface area contributed by atoms with E-state index in [0.29, 0.717) is 6.42 Å². The van der Waals surface area contributed by atoms with Gasteiger partial charge in [-0.2, -0.15) is 0 Å². The van der Waals surface area contributed by atoms with E-state index in [1.54, 1.807) is 4.90 Å². The topological polar surface area (TPSA) is 44.4 Å². The monoisotopic (exact) mass is 267 g/mol. The number of rotatable bonds is 3. The molecule has 1 aliphatic rings. The standard InChI is InChI=1S/C16H17N3O/c1-17-12-3-6-14(7-4-12)19-15-8-5-13(18-2)9-11(15)10-16(19)20/h3-9,17-18H,10H2,1-2H3. The highest BCUT2D eigenvalue weighted by atomic mass is 16.2. The molecule has 0 spiro atoms. The minimum absolute atomic E-state index is 0.116. The third kappa shape index (κ3) is 1.99. The summed E-state index contributed by atoms with van der Waals surface area (Å²) in [5, 5.41) is 6.18. The molecule has 0 unspecified atom stereocenters. The van der Waals surface area contributed by atoms with Crippen molar-refractivity contribution in [1.29, 1.82) is 0 Å². The number of hydrogen-bond acceptors (Lipinski definition) is 3. The molecule has 1 amide bonds. The Kier molecular flexibility index (Phi) is 3.06. The van der Waals surface area contributed by atoms with Crippen molar-refractivity contribution >= 4 is 28.7 Å². The summed E-state index contributed by atoms with van der Waals surface area (Å²) in [6.45, 7) is 0. The van der Waals surface area contributed by atoms with Crippen molar-refractivity contribution in [3.8, 4) is 0 Å². The second kappa shape index (κ2) is 4.89. The Balaban J connectivity index is 2.00. The van der Waals surface area contributed by atoms with Crippen molar-refractivity contribution in [2.75, 3.05) is 29.6 Å². The van der Waals surface area contributed by atoms with E-state index in [9.17, 15) is 4.79 Å². The van der Waals surface area contributed by atoms with Gasteiger partial charge in [-0.25, -0.2) is 0 Å². The van der Waals surface area contributed by atoms with Crippen LogP contribution in [0.2, 0.25) is 0 Å². The molecule has 4 nitrogen and oxygen atoms in total. The number of hydrogen-bond donors (Lipinski definition) is 2. The second-order valence-electron chi connectivity index (χ2n) is 4.80. The molecule has 2 aromatic carbocycles. The Hall–Kier alpha value is -2.49. The van der Waals surface area contributed by atoms with Crippen molar-refractivity contribution in [3.63, 3.8) is 0 Å². The first kappa shape index (κ1) is 12.5. The number of nitrogens with zero attached hydrogens (tertiary/aromatic N) is 1. The van der Waals surface area contributed by atoms with E-state index in [2.05, 4.69) is 10.6 Å². The maximum absolute atomic E-state index is 12.3. The first-order chi connectivity index (χ1) is 9.72. The van der Waals surface area contributed by atoms with Crippen LogP contribution >= 0.6 is 0 Å². The molecule has 0 aromatic heterocycles. The summed E-state index contributed by atoms with van der Waals surface area (Å²) in [5.41, 5.74) is 5.02. The molecule has 0 saturated heterocycles. The molecule has 2 N–H and O–H groups in total. The highest BCUT2D eigenvalue weighted by Crippen LogP contribution is 2.37. The van der Waals surface area contributed by atoms with Crippen molar-refractivity contribution in [2.24, 2.45) is 0 Å². The lowest BCUT2D eigenvalue weighted by Crippen LogP contribution is -2.20. The van der Waals surface area contributed by atoms with Crippen LogP contribution in [-0.4, -0.2) is 20.0 Å². The van der Waals surface area contributed by atoms with Crippen LogP contribution in [0, 0.1) is 0 Å². The van der Waals surface area contributed by atoms with E-state index in [4.69, 9.17) is 0 Å². The molecule has 1 aliphatic heterocycles. The van der Waals surface area contributed by atoms with Gasteiger partial charge >= 0.3 is 0 Å². The molecule has 0 atom stereocenters. The Morgan fingerprint density at radius 2 is 1.60 bits per heavy atom. The van der Waals surface area contributed by atoms with Gasteiger partial charge in [0.25, 0.3) is 0 Å². The Morgan fingerprint density at radius 3 is 2.25 bits per heavy atom. The summed E-state index contributed by atoms with van der Waals surface area (Å²) >= 11 is 0. The van der Waals surface area contributed by atoms with E-state index in [1.165, 1.54) is 0 Å². The first-order valence-corrected chi connectivity index (χ1v) is 6.64. The molecule has 0 saturated carbocycles. The minimum Gasteiger partial charge on any atom is -0.388 e. The van der Waals surface area contributed by atoms with E-state index >= 15 is 0 Å². The number of amides is 1. The van der Waals surface area contributed by atoms with Gasteiger partial charge < -0.3 is 10.6 Å². The molecule has 102 valence electrons. The third-order valence-corrected chi connectivity index (χ3v) is 3.61. The van der Waals surface area contributed by atoms with Crippen LogP contribution in [0.15, 0.2) is 42.5 Å². The van der Waals surface area contributed by atoms with Crippen LogP contribution in [0.4, 0.5) is 22.7 Å². The van der Waals surface area contributed by atoms with Crippen LogP contribution in [0.3, 0.4) is 0 Å². The first-order valence-electron chi connectivity index (χ1n) is 6.64. The van der Waals surface area contributed by atoms with Gasteiger partial charge in [-0.3, -0.25) is 9.69 Å². The molecule has 2 aromatic rings. The summed E-state index contributed by atoms with van der Waals surface area (Å²) in [6, 6.07) is 13.9. The van der Waals surface area contributed by atoms with Crippen molar-refractivity contribution in [3.05, 3.63) is 48.0 Å². The van der Waals surface area contributed by atoms with Gasteiger partial charge in [-0.1, -0.05) is 0 Å². The zero-order valence-corrected chi connectivity index (χ0v) is 11.6. The molecule has 4 heteroatoms. The normalized spacial score (nSPS) is 13.3. The fourth-order valence-electron chi connectivity index (χ4n) is 2.54. The number of nitrogens with one attached hydrogen (secondary N) is 2. The molecular weight excluding hydrogens is 250 g/mol. The lowest BCUT2D eigenvalue weighted by atomic mass is 10.1. The quantitative estimate of drug-likeness (QED) is 0.898. The van der Waals surface area contributed by atoms with Crippen molar-refractivity contribution in [1.82, 2.24) is 0 Å². The lowest BCUT2D eigenvalue weighted by Gasteiger charge is -2.18. The van der Waals surface area contributed by atoms with E-state index in [-0.39, 0.29) is 5.91 Å². The number of benzene rings is 2. The number of anilines is 4. The summed E-state index contributed by atoms with van der Waals surface area (Å²) in [6.07, 6.45) is 0.457. The molecule has 20 heavy (non-hydrogen) atoms. The molecule has 1 heterocycles. The molecule has 0 radical (unpaired) electrons. The number of carbonyl (C=O) groups excluding carboxylic acids is 1. The predicted molar refractivity (Wildman–Crippen MR) is 82.8 cm³/mol. The van der Waals surface area contributed by atoms with Crippen LogP contribution in [0.25, 0.3) is 0 Å². The van der Waals surface area contributed by atoms with E-state index < -0.39 is 0 Å². The van der Waals surface area contributed by atoms with Gasteiger partial charge in [0.1, 0.15) is 0 Å². The maximum atomic E-state index is 12.3. The van der Waals surface area contributed by atoms with Gasteiger partial charge in [0.2, 0.25) is 5.91 Å². The van der Waals surface area contributed by atoms with E-state index in [1.807, 2.05) is 56.6 Å². The average Bonchev–Trinajstić information content (AvgIpc) is 2.82. The zero-order valence-electron chi connectivity index (χ0n) is 11.6. The summed E-state index contributed by atoms with van der Waals surface area (Å²) in [7, 11) is 3.76. The molecule has 0 fully saturated rings. The number of fused-ring (bicyclic) bond motifs is 1. The Morgan fingerprint density at radius 1 is 0.950 bits per heavy atom. The van der Waals surface area contributed by atoms with Gasteiger partial charge in [0, 0.05) is 31.2 Å². The Labute approximate surface area is 118 Å². The van der Waals surface area contributed by atoms with Crippen LogP contribution in [0.5, 0.6) is 0 Å². The van der Waals surface area contributed by atoms with Crippen molar-refractivity contribution < 1.29 is 4.79 Å². The third-order valence-electron chi connectivity index (χ3n) is 3.61. The second-order valence-corrected chi connectivity index (χ2v) is 4.80. The largest absolute Gasteiger partial charge is 0.388 e. The van der Waals surface area contributed by atoms with Crippen LogP contribution in [0.1, 0.15) is 5.56 Å². The van der Waals surface area contributed by atoms with Crippen molar-refractivity contribution in [2.45, 2.75) is 6.42 Å². The zero-order chi connectivity index (χ0) is 14.1. The smallest absolute Gasteiger partial charge is 0.236 e. The average molecular weight is 267 g/mol. The number of carbonyl (C=O) groups is 1. The fourth-order valence-corrected chi connectivity index (χ4v) is 2.54.